The van der Waals surface area contributed by atoms with E-state index in [4.69, 9.17) is 0 Å². The Morgan fingerprint density at radius 1 is 0.645 bits per heavy atom. The summed E-state index contributed by atoms with van der Waals surface area (Å²) in [5.41, 5.74) is 12.7. The second kappa shape index (κ2) is 7.41. The first-order valence-corrected chi connectivity index (χ1v) is 10.8. The van der Waals surface area contributed by atoms with Crippen molar-refractivity contribution in [1.29, 1.82) is 0 Å². The van der Waals surface area contributed by atoms with Gasteiger partial charge in [0.15, 0.2) is 0 Å². The van der Waals surface area contributed by atoms with E-state index >= 15 is 0 Å². The SMILES string of the molecule is [c]1c(C2=CC=CC2=C(c2ccccc2)c2ccccc2)ccc2c1Cc1ccccc1-2. The third-order valence-corrected chi connectivity index (χ3v) is 6.20. The van der Waals surface area contributed by atoms with Crippen molar-refractivity contribution in [3.63, 3.8) is 0 Å². The van der Waals surface area contributed by atoms with Crippen LogP contribution in [0.4, 0.5) is 0 Å². The summed E-state index contributed by atoms with van der Waals surface area (Å²) in [7, 11) is 0. The molecule has 145 valence electrons. The first-order valence-electron chi connectivity index (χ1n) is 10.8. The van der Waals surface area contributed by atoms with Crippen molar-refractivity contribution in [2.45, 2.75) is 6.42 Å². The first-order chi connectivity index (χ1) is 15.4. The molecule has 0 aromatic heterocycles. The molecule has 0 fully saturated rings. The molecule has 0 saturated heterocycles. The average molecular weight is 394 g/mol. The van der Waals surface area contributed by atoms with Gasteiger partial charge in [0.25, 0.3) is 0 Å². The van der Waals surface area contributed by atoms with Crippen LogP contribution in [-0.2, 0) is 6.42 Å². The van der Waals surface area contributed by atoms with Crippen LogP contribution in [0.5, 0.6) is 0 Å². The van der Waals surface area contributed by atoms with E-state index in [-0.39, 0.29) is 0 Å². The van der Waals surface area contributed by atoms with E-state index < -0.39 is 0 Å². The van der Waals surface area contributed by atoms with Crippen LogP contribution in [-0.4, -0.2) is 0 Å². The van der Waals surface area contributed by atoms with Gasteiger partial charge >= 0.3 is 0 Å². The Hall–Kier alpha value is -3.90. The van der Waals surface area contributed by atoms with Crippen LogP contribution in [0.3, 0.4) is 0 Å². The first kappa shape index (κ1) is 17.9. The lowest BCUT2D eigenvalue weighted by molar-refractivity contribution is 1.25. The van der Waals surface area contributed by atoms with Crippen molar-refractivity contribution in [2.24, 2.45) is 0 Å². The van der Waals surface area contributed by atoms with Crippen LogP contribution in [0.25, 0.3) is 22.3 Å². The van der Waals surface area contributed by atoms with Crippen molar-refractivity contribution in [3.8, 4) is 11.1 Å². The van der Waals surface area contributed by atoms with Gasteiger partial charge in [0.1, 0.15) is 0 Å². The van der Waals surface area contributed by atoms with Crippen molar-refractivity contribution in [2.75, 3.05) is 0 Å². The van der Waals surface area contributed by atoms with Gasteiger partial charge < -0.3 is 0 Å². The topological polar surface area (TPSA) is 0 Å². The lowest BCUT2D eigenvalue weighted by Crippen LogP contribution is -1.96. The number of benzene rings is 4. The van der Waals surface area contributed by atoms with Crippen molar-refractivity contribution in [3.05, 3.63) is 155 Å². The third-order valence-electron chi connectivity index (χ3n) is 6.20. The van der Waals surface area contributed by atoms with Gasteiger partial charge in [0, 0.05) is 0 Å². The molecule has 0 spiro atoms. The number of allylic oxidation sites excluding steroid dienone is 5. The van der Waals surface area contributed by atoms with Gasteiger partial charge in [-0.25, -0.2) is 0 Å². The lowest BCUT2D eigenvalue weighted by atomic mass is 9.87. The molecule has 0 saturated carbocycles. The maximum Gasteiger partial charge on any atom is -0.000706 e. The molecule has 2 aliphatic carbocycles. The fraction of sp³-hybridized carbons (Fsp3) is 0.0323. The van der Waals surface area contributed by atoms with Crippen LogP contribution < -0.4 is 0 Å². The Kier molecular flexibility index (Phi) is 4.28. The zero-order valence-corrected chi connectivity index (χ0v) is 17.2. The van der Waals surface area contributed by atoms with Crippen LogP contribution in [0.15, 0.2) is 121 Å². The summed E-state index contributed by atoms with van der Waals surface area (Å²) in [5.74, 6) is 0. The number of fused-ring (bicyclic) bond motifs is 3. The molecule has 31 heavy (non-hydrogen) atoms. The zero-order chi connectivity index (χ0) is 20.6. The molecule has 0 bridgehead atoms. The molecular weight excluding hydrogens is 372 g/mol. The van der Waals surface area contributed by atoms with Crippen LogP contribution in [0.2, 0.25) is 0 Å². The molecule has 6 rings (SSSR count). The molecule has 0 unspecified atom stereocenters. The largest absolute Gasteiger partial charge is 0.0622 e. The predicted octanol–water partition coefficient (Wildman–Crippen LogP) is 7.51. The summed E-state index contributed by atoms with van der Waals surface area (Å²) >= 11 is 0. The monoisotopic (exact) mass is 393 g/mol. The summed E-state index contributed by atoms with van der Waals surface area (Å²) < 4.78 is 0. The van der Waals surface area contributed by atoms with Crippen LogP contribution in [0.1, 0.15) is 27.8 Å². The predicted molar refractivity (Wildman–Crippen MR) is 130 cm³/mol. The fourth-order valence-corrected chi connectivity index (χ4v) is 4.78. The quantitative estimate of drug-likeness (QED) is 0.297. The van der Waals surface area contributed by atoms with Gasteiger partial charge in [0.05, 0.1) is 0 Å². The van der Waals surface area contributed by atoms with Gasteiger partial charge in [-0.2, -0.15) is 0 Å². The summed E-state index contributed by atoms with van der Waals surface area (Å²) in [6.07, 6.45) is 7.58. The Balaban J connectivity index is 1.49. The maximum absolute atomic E-state index is 3.76. The normalized spacial score (nSPS) is 13.7. The minimum absolute atomic E-state index is 0.962. The summed E-state index contributed by atoms with van der Waals surface area (Å²) in [4.78, 5) is 0. The third kappa shape index (κ3) is 3.08. The van der Waals surface area contributed by atoms with E-state index in [1.807, 2.05) is 0 Å². The molecule has 0 aliphatic heterocycles. The van der Waals surface area contributed by atoms with Crippen molar-refractivity contribution < 1.29 is 0 Å². The summed E-state index contributed by atoms with van der Waals surface area (Å²) in [5, 5.41) is 0. The highest BCUT2D eigenvalue weighted by atomic mass is 14.2. The van der Waals surface area contributed by atoms with E-state index in [0.29, 0.717) is 0 Å². The Bertz CT molecular complexity index is 1320. The van der Waals surface area contributed by atoms with E-state index in [9.17, 15) is 0 Å². The zero-order valence-electron chi connectivity index (χ0n) is 17.2. The van der Waals surface area contributed by atoms with Gasteiger partial charge in [-0.3, -0.25) is 0 Å². The van der Waals surface area contributed by atoms with Crippen molar-refractivity contribution in [1.82, 2.24) is 0 Å². The fourth-order valence-electron chi connectivity index (χ4n) is 4.78. The van der Waals surface area contributed by atoms with Crippen LogP contribution >= 0.6 is 0 Å². The number of hydrogen-bond acceptors (Lipinski definition) is 0. The number of hydrogen-bond donors (Lipinski definition) is 0. The molecule has 0 N–H and O–H groups in total. The average Bonchev–Trinajstić information content (AvgIpc) is 3.45. The second-order valence-corrected chi connectivity index (χ2v) is 8.06. The van der Waals surface area contributed by atoms with Gasteiger partial charge in [0.2, 0.25) is 0 Å². The van der Waals surface area contributed by atoms with Gasteiger partial charge in [-0.05, 0) is 68.2 Å². The molecule has 4 aromatic rings. The minimum atomic E-state index is 0.962. The molecule has 1 radical (unpaired) electrons. The van der Waals surface area contributed by atoms with E-state index in [0.717, 1.165) is 12.0 Å². The minimum Gasteiger partial charge on any atom is -0.0622 e. The summed E-state index contributed by atoms with van der Waals surface area (Å²) in [6, 6.07) is 38.3. The second-order valence-electron chi connectivity index (χ2n) is 8.06. The maximum atomic E-state index is 3.76. The lowest BCUT2D eigenvalue weighted by Gasteiger charge is -2.16. The molecule has 0 nitrogen and oxygen atoms in total. The van der Waals surface area contributed by atoms with E-state index in [2.05, 4.69) is 121 Å². The Morgan fingerprint density at radius 3 is 2.06 bits per heavy atom. The highest BCUT2D eigenvalue weighted by molar-refractivity contribution is 5.99. The molecule has 0 heteroatoms. The highest BCUT2D eigenvalue weighted by Crippen LogP contribution is 2.41. The molecule has 0 heterocycles. The molecule has 4 aromatic carbocycles. The Labute approximate surface area is 183 Å². The van der Waals surface area contributed by atoms with E-state index in [1.165, 1.54) is 50.1 Å². The Morgan fingerprint density at radius 2 is 1.32 bits per heavy atom. The van der Waals surface area contributed by atoms with Crippen molar-refractivity contribution >= 4 is 11.1 Å². The van der Waals surface area contributed by atoms with Crippen LogP contribution in [0, 0.1) is 6.07 Å². The number of rotatable bonds is 3. The van der Waals surface area contributed by atoms with Gasteiger partial charge in [-0.1, -0.05) is 115 Å². The smallest absolute Gasteiger partial charge is 0.000706 e. The van der Waals surface area contributed by atoms with E-state index in [1.54, 1.807) is 0 Å². The molecular formula is C31H21. The summed E-state index contributed by atoms with van der Waals surface area (Å²) in [6.45, 7) is 0. The molecule has 0 amide bonds. The standard InChI is InChI=1S/C31H21/c1-3-10-22(11-4-1)31(23-12-5-2-6-13-23)30-17-9-16-28(30)25-18-19-29-26(21-25)20-24-14-7-8-15-27(24)29/h1-19H,20H2. The van der Waals surface area contributed by atoms with Gasteiger partial charge in [-0.15, -0.1) is 0 Å². The molecule has 0 atom stereocenters. The molecule has 2 aliphatic rings. The highest BCUT2D eigenvalue weighted by Gasteiger charge is 2.22.